The molecule has 0 radical (unpaired) electrons. The lowest BCUT2D eigenvalue weighted by atomic mass is 9.96. The molecule has 37 heavy (non-hydrogen) atoms. The van der Waals surface area contributed by atoms with Crippen molar-refractivity contribution in [3.8, 4) is 39.6 Å². The highest BCUT2D eigenvalue weighted by Crippen LogP contribution is 2.46. The molecule has 8 heteroatoms. The van der Waals surface area contributed by atoms with E-state index < -0.39 is 0 Å². The third-order valence-electron chi connectivity index (χ3n) is 7.29. The van der Waals surface area contributed by atoms with Crippen LogP contribution in [0.25, 0.3) is 28.1 Å². The van der Waals surface area contributed by atoms with E-state index in [1.54, 1.807) is 24.5 Å². The standard InChI is InChI=1S/C29H29N3O4S/c1-31-10-8-19(15-31)22-13-23-27(14-26(22)35-2)36-16-24-28(30-32(29(23)24)20-9-11-37-17-20)25(34)5-3-4-18-6-7-21(33)12-18/h3,5,8-11,13-15,17-18,21,33H,4,6-7,12,16H2,1-2H3/b5-3+/t18-,21+/m0/s1. The van der Waals surface area contributed by atoms with Gasteiger partial charge in [-0.2, -0.15) is 16.4 Å². The number of carbonyl (C=O) groups excluding carboxylic acids is 1. The Kier molecular flexibility index (Phi) is 6.22. The molecule has 4 heterocycles. The number of aliphatic hydroxyl groups excluding tert-OH is 1. The average Bonchev–Trinajstić information content (AvgIpc) is 3.70. The zero-order valence-electron chi connectivity index (χ0n) is 20.9. The monoisotopic (exact) mass is 515 g/mol. The third kappa shape index (κ3) is 4.40. The van der Waals surface area contributed by atoms with E-state index in [4.69, 9.17) is 14.6 Å². The Morgan fingerprint density at radius 1 is 1.30 bits per heavy atom. The molecule has 0 bridgehead atoms. The number of hydrogen-bond acceptors (Lipinski definition) is 6. The minimum atomic E-state index is -0.209. The van der Waals surface area contributed by atoms with E-state index in [1.165, 1.54) is 0 Å². The topological polar surface area (TPSA) is 78.5 Å². The minimum Gasteiger partial charge on any atom is -0.496 e. The van der Waals surface area contributed by atoms with E-state index >= 15 is 0 Å². The third-order valence-corrected chi connectivity index (χ3v) is 7.96. The van der Waals surface area contributed by atoms with Gasteiger partial charge < -0.3 is 19.1 Å². The van der Waals surface area contributed by atoms with Crippen molar-refractivity contribution < 1.29 is 19.4 Å². The zero-order valence-corrected chi connectivity index (χ0v) is 21.7. The molecule has 6 rings (SSSR count). The lowest BCUT2D eigenvalue weighted by Crippen LogP contribution is -2.10. The number of benzene rings is 1. The SMILES string of the molecule is COc1cc2c(cc1-c1ccn(C)c1)-c1c(c(C(=O)/C=C/C[C@H]3CC[C@@H](O)C3)nn1-c1ccsc1)CO2. The molecule has 1 aromatic carbocycles. The molecule has 1 aliphatic heterocycles. The summed E-state index contributed by atoms with van der Waals surface area (Å²) in [5, 5.41) is 18.6. The summed E-state index contributed by atoms with van der Waals surface area (Å²) in [5.74, 6) is 1.73. The number of hydrogen-bond donors (Lipinski definition) is 1. The highest BCUT2D eigenvalue weighted by molar-refractivity contribution is 7.08. The van der Waals surface area contributed by atoms with Gasteiger partial charge in [-0.3, -0.25) is 4.79 Å². The number of ketones is 1. The number of aromatic nitrogens is 3. The van der Waals surface area contributed by atoms with Gasteiger partial charge in [0.25, 0.3) is 0 Å². The van der Waals surface area contributed by atoms with Crippen LogP contribution in [-0.4, -0.2) is 38.5 Å². The number of thiophene rings is 1. The Bertz CT molecular complexity index is 1480. The molecule has 2 atom stereocenters. The van der Waals surface area contributed by atoms with Crippen LogP contribution in [0, 0.1) is 5.92 Å². The van der Waals surface area contributed by atoms with E-state index in [2.05, 4.69) is 6.07 Å². The van der Waals surface area contributed by atoms with E-state index in [9.17, 15) is 9.90 Å². The van der Waals surface area contributed by atoms with Crippen molar-refractivity contribution in [1.82, 2.24) is 14.3 Å². The maximum atomic E-state index is 13.4. The van der Waals surface area contributed by atoms with Crippen LogP contribution in [0.3, 0.4) is 0 Å². The van der Waals surface area contributed by atoms with Gasteiger partial charge in [-0.05, 0) is 61.3 Å². The first kappa shape index (κ1) is 23.8. The molecule has 3 aromatic heterocycles. The molecule has 0 saturated heterocycles. The van der Waals surface area contributed by atoms with Crippen molar-refractivity contribution in [2.24, 2.45) is 13.0 Å². The van der Waals surface area contributed by atoms with E-state index in [0.717, 1.165) is 65.1 Å². The quantitative estimate of drug-likeness (QED) is 0.249. The Labute approximate surface area is 219 Å². The van der Waals surface area contributed by atoms with Crippen LogP contribution >= 0.6 is 11.3 Å². The summed E-state index contributed by atoms with van der Waals surface area (Å²) in [6, 6.07) is 8.04. The normalized spacial score (nSPS) is 18.6. The lowest BCUT2D eigenvalue weighted by molar-refractivity contribution is 0.103. The van der Waals surface area contributed by atoms with E-state index in [-0.39, 0.29) is 18.5 Å². The summed E-state index contributed by atoms with van der Waals surface area (Å²) in [5.41, 5.74) is 5.84. The summed E-state index contributed by atoms with van der Waals surface area (Å²) in [4.78, 5) is 13.4. The van der Waals surface area contributed by atoms with Gasteiger partial charge in [-0.15, -0.1) is 0 Å². The van der Waals surface area contributed by atoms with Crippen LogP contribution in [0.2, 0.25) is 0 Å². The molecular formula is C29H29N3O4S. The molecule has 1 N–H and O–H groups in total. The fraction of sp³-hybridized carbons (Fsp3) is 0.310. The maximum Gasteiger partial charge on any atom is 0.206 e. The number of aliphatic hydroxyl groups is 1. The number of aryl methyl sites for hydroxylation is 1. The van der Waals surface area contributed by atoms with Gasteiger partial charge in [-0.1, -0.05) is 6.08 Å². The Balaban J connectivity index is 1.43. The second-order valence-electron chi connectivity index (χ2n) is 9.81. The number of nitrogens with zero attached hydrogens (tertiary/aromatic N) is 3. The largest absolute Gasteiger partial charge is 0.496 e. The average molecular weight is 516 g/mol. The predicted octanol–water partition coefficient (Wildman–Crippen LogP) is 5.80. The molecule has 0 unspecified atom stereocenters. The second kappa shape index (κ2) is 9.68. The molecule has 2 aliphatic rings. The first-order valence-electron chi connectivity index (χ1n) is 12.5. The summed E-state index contributed by atoms with van der Waals surface area (Å²) in [7, 11) is 3.65. The van der Waals surface area contributed by atoms with Crippen molar-refractivity contribution in [2.45, 2.75) is 38.4 Å². The number of ether oxygens (including phenoxy) is 2. The number of allylic oxidation sites excluding steroid dienone is 2. The summed E-state index contributed by atoms with van der Waals surface area (Å²) < 4.78 is 15.7. The van der Waals surface area contributed by atoms with Crippen LogP contribution in [0.5, 0.6) is 11.5 Å². The highest BCUT2D eigenvalue weighted by atomic mass is 32.1. The van der Waals surface area contributed by atoms with Crippen LogP contribution in [-0.2, 0) is 13.7 Å². The van der Waals surface area contributed by atoms with Crippen molar-refractivity contribution in [2.75, 3.05) is 7.11 Å². The Hall–Kier alpha value is -3.62. The van der Waals surface area contributed by atoms with Crippen LogP contribution in [0.4, 0.5) is 0 Å². The smallest absolute Gasteiger partial charge is 0.206 e. The van der Waals surface area contributed by atoms with Crippen molar-refractivity contribution in [3.63, 3.8) is 0 Å². The molecule has 1 fully saturated rings. The molecule has 1 saturated carbocycles. The van der Waals surface area contributed by atoms with Crippen molar-refractivity contribution >= 4 is 17.1 Å². The minimum absolute atomic E-state index is 0.132. The number of rotatable bonds is 7. The molecule has 0 amide bonds. The first-order chi connectivity index (χ1) is 18.0. The van der Waals surface area contributed by atoms with Gasteiger partial charge in [-0.25, -0.2) is 4.68 Å². The maximum absolute atomic E-state index is 13.4. The van der Waals surface area contributed by atoms with Crippen molar-refractivity contribution in [1.29, 1.82) is 0 Å². The van der Waals surface area contributed by atoms with Gasteiger partial charge in [0.05, 0.1) is 24.6 Å². The fourth-order valence-electron chi connectivity index (χ4n) is 5.41. The Morgan fingerprint density at radius 3 is 2.89 bits per heavy atom. The molecule has 1 aliphatic carbocycles. The van der Waals surface area contributed by atoms with Crippen LogP contribution in [0.15, 0.2) is 59.6 Å². The molecule has 190 valence electrons. The molecule has 0 spiro atoms. The predicted molar refractivity (Wildman–Crippen MR) is 144 cm³/mol. The number of fused-ring (bicyclic) bond motifs is 3. The van der Waals surface area contributed by atoms with Gasteiger partial charge in [0.1, 0.15) is 23.8 Å². The van der Waals surface area contributed by atoms with Crippen LogP contribution < -0.4 is 9.47 Å². The summed E-state index contributed by atoms with van der Waals surface area (Å²) in [6.07, 6.45) is 10.8. The molecular weight excluding hydrogens is 486 g/mol. The highest BCUT2D eigenvalue weighted by Gasteiger charge is 2.31. The van der Waals surface area contributed by atoms with Gasteiger partial charge in [0, 0.05) is 53.1 Å². The lowest BCUT2D eigenvalue weighted by Gasteiger charge is -2.22. The zero-order chi connectivity index (χ0) is 25.5. The van der Waals surface area contributed by atoms with E-state index in [0.29, 0.717) is 17.4 Å². The fourth-order valence-corrected chi connectivity index (χ4v) is 6.02. The van der Waals surface area contributed by atoms with Crippen LogP contribution in [0.1, 0.15) is 41.7 Å². The molecule has 7 nitrogen and oxygen atoms in total. The number of methoxy groups -OCH3 is 1. The second-order valence-corrected chi connectivity index (χ2v) is 10.6. The van der Waals surface area contributed by atoms with Gasteiger partial charge in [0.2, 0.25) is 5.78 Å². The van der Waals surface area contributed by atoms with E-state index in [1.807, 2.05) is 63.7 Å². The Morgan fingerprint density at radius 2 is 2.19 bits per heavy atom. The number of carbonyl (C=O) groups is 1. The summed E-state index contributed by atoms with van der Waals surface area (Å²) >= 11 is 1.59. The first-order valence-corrected chi connectivity index (χ1v) is 13.5. The molecule has 4 aromatic rings. The van der Waals surface area contributed by atoms with Gasteiger partial charge >= 0.3 is 0 Å². The summed E-state index contributed by atoms with van der Waals surface area (Å²) in [6.45, 7) is 0.254. The van der Waals surface area contributed by atoms with Gasteiger partial charge in [0.15, 0.2) is 0 Å². The van der Waals surface area contributed by atoms with Crippen molar-refractivity contribution in [3.05, 3.63) is 70.8 Å².